The van der Waals surface area contributed by atoms with Gasteiger partial charge in [0, 0.05) is 132 Å². The largest absolute Gasteiger partial charge is 0.393 e. The third kappa shape index (κ3) is 39.4. The Kier molecular flexibility index (Phi) is 47.0. The number of alkyl halides is 3. The van der Waals surface area contributed by atoms with E-state index in [1.165, 1.54) is 69.3 Å². The minimum Gasteiger partial charge on any atom is -0.393 e. The second-order valence-corrected chi connectivity index (χ2v) is 42.8. The van der Waals surface area contributed by atoms with Gasteiger partial charge in [0.05, 0.1) is 100 Å². The summed E-state index contributed by atoms with van der Waals surface area (Å²) in [6.07, 6.45) is 44.0. The normalized spacial score (nSPS) is 24.9. The number of rotatable bonds is 36. The zero-order valence-corrected chi connectivity index (χ0v) is 88.8. The van der Waals surface area contributed by atoms with E-state index in [0.717, 1.165) is 217 Å². The number of nitrogens with zero attached hydrogens (tertiary/aromatic N) is 13. The fourth-order valence-electron chi connectivity index (χ4n) is 20.8. The number of hydrogen-bond donors (Lipinski definition) is 17. The van der Waals surface area contributed by atoms with Crippen LogP contribution in [0.2, 0.25) is 0 Å². The molecule has 6 aromatic rings. The smallest absolute Gasteiger partial charge is 0.254 e. The van der Waals surface area contributed by atoms with Crippen LogP contribution in [0.5, 0.6) is 0 Å². The van der Waals surface area contributed by atoms with Crippen LogP contribution in [0.4, 0.5) is 66.3 Å². The van der Waals surface area contributed by atoms with Crippen molar-refractivity contribution in [1.82, 2.24) is 64.7 Å². The molecule has 149 heavy (non-hydrogen) atoms. The third-order valence-corrected chi connectivity index (χ3v) is 29.9. The summed E-state index contributed by atoms with van der Waals surface area (Å²) in [5.74, 6) is 1.25. The molecular formula is C106H167F3N28O12. The molecule has 0 spiro atoms. The van der Waals surface area contributed by atoms with Crippen molar-refractivity contribution < 1.29 is 71.1 Å². The van der Waals surface area contributed by atoms with Crippen LogP contribution in [-0.4, -0.2) is 249 Å². The van der Waals surface area contributed by atoms with E-state index in [1.54, 1.807) is 13.3 Å². The molecule has 0 bridgehead atoms. The summed E-state index contributed by atoms with van der Waals surface area (Å²) in [6.45, 7) is 19.1. The average molecular weight is 2080 g/mol. The number of carbonyl (C=O) groups excluding carboxylic acids is 6. The lowest BCUT2D eigenvalue weighted by molar-refractivity contribution is -0.0862. The predicted octanol–water partition coefficient (Wildman–Crippen LogP) is 14.4. The minimum absolute atomic E-state index is 0.0160. The molecule has 8 aliphatic carbocycles. The topological polar surface area (TPSA) is 602 Å². The summed E-state index contributed by atoms with van der Waals surface area (Å²) in [6, 6.07) is 2.06. The van der Waals surface area contributed by atoms with Gasteiger partial charge in [-0.2, -0.15) is 15.0 Å². The lowest BCUT2D eigenvalue weighted by atomic mass is 9.84. The first-order chi connectivity index (χ1) is 71.4. The molecule has 8 saturated carbocycles. The van der Waals surface area contributed by atoms with Crippen LogP contribution in [-0.2, 0) is 38.2 Å². The molecule has 1 unspecified atom stereocenters. The van der Waals surface area contributed by atoms with Gasteiger partial charge in [-0.05, 0) is 255 Å². The van der Waals surface area contributed by atoms with Crippen LogP contribution in [0.25, 0.3) is 0 Å². The van der Waals surface area contributed by atoms with Crippen LogP contribution in [0.3, 0.4) is 0 Å². The Morgan fingerprint density at radius 1 is 0.423 bits per heavy atom. The Labute approximate surface area is 875 Å². The van der Waals surface area contributed by atoms with Crippen LogP contribution >= 0.6 is 0 Å². The fourth-order valence-corrected chi connectivity index (χ4v) is 20.8. The number of amides is 6. The molecule has 6 aromatic heterocycles. The molecule has 6 atom stereocenters. The number of allylic oxidation sites excluding steroid dienone is 1. The van der Waals surface area contributed by atoms with Gasteiger partial charge < -0.3 is 116 Å². The zero-order chi connectivity index (χ0) is 107. The Bertz CT molecular complexity index is 5190. The van der Waals surface area contributed by atoms with Gasteiger partial charge in [0.2, 0.25) is 41.6 Å². The van der Waals surface area contributed by atoms with E-state index in [2.05, 4.69) is 154 Å². The van der Waals surface area contributed by atoms with Crippen LogP contribution in [0.15, 0.2) is 49.5 Å². The van der Waals surface area contributed by atoms with Gasteiger partial charge in [-0.25, -0.2) is 58.0 Å². The molecule has 0 radical (unpaired) electrons. The first-order valence-corrected chi connectivity index (χ1v) is 54.3. The van der Waals surface area contributed by atoms with Crippen molar-refractivity contribution in [3.05, 3.63) is 99.9 Å². The number of nitrogens with one attached hydrogen (secondary N) is 9. The second kappa shape index (κ2) is 59.4. The highest BCUT2D eigenvalue weighted by Crippen LogP contribution is 2.38. The summed E-state index contributed by atoms with van der Waals surface area (Å²) in [7, 11) is 5.87. The quantitative estimate of drug-likeness (QED) is 0.0162. The number of aliphatic hydroxyl groups is 2. The van der Waals surface area contributed by atoms with Crippen molar-refractivity contribution in [2.24, 2.45) is 64.0 Å². The SMILES string of the molecule is C=C(C1CCC(Nc2ncc(C(N)=O)c(N[C@@H]3CCCOC3)n2)CC1)N(C)C.CC(C)Cc1nc(NC2CCC(OC(C)F)CC2)ncc1C(N)=O.CC[C@H](C)Cc1nc(NC2CCC(C)CC2)ncc1C(N)=O.COC1CCC(Nc2ncc(C(N)=O)c(NC3CCCC3)n2)CC1.NC(=O)c1cnc(NC2CCC(F)(F)CC2)nc1C[C@@H]1CCCC[C@H](O)C1.NC(=O)c1cnc(NC2CCC(O)CC2)nc1N[C@@H]1CCCOC1. The zero-order valence-electron chi connectivity index (χ0n) is 88.8. The van der Waals surface area contributed by atoms with Gasteiger partial charge in [-0.1, -0.05) is 73.3 Å². The summed E-state index contributed by atoms with van der Waals surface area (Å²) in [5, 5.41) is 49.5. The van der Waals surface area contributed by atoms with Gasteiger partial charge in [-0.3, -0.25) is 28.8 Å². The first kappa shape index (κ1) is 118. The van der Waals surface area contributed by atoms with Crippen molar-refractivity contribution in [3.8, 4) is 0 Å². The van der Waals surface area contributed by atoms with E-state index in [1.807, 2.05) is 14.1 Å². The molecule has 6 amide bonds. The monoisotopic (exact) mass is 2080 g/mol. The lowest BCUT2D eigenvalue weighted by Crippen LogP contribution is -2.32. The van der Waals surface area contributed by atoms with Crippen molar-refractivity contribution in [1.29, 1.82) is 0 Å². The molecule has 23 N–H and O–H groups in total. The Morgan fingerprint density at radius 3 is 1.14 bits per heavy atom. The molecule has 8 heterocycles. The van der Waals surface area contributed by atoms with Crippen molar-refractivity contribution in [2.45, 2.75) is 396 Å². The average Bonchev–Trinajstić information content (AvgIpc) is 1.75. The van der Waals surface area contributed by atoms with E-state index in [4.69, 9.17) is 53.3 Å². The summed E-state index contributed by atoms with van der Waals surface area (Å²) < 4.78 is 61.1. The number of anilines is 9. The number of methoxy groups -OCH3 is 1. The van der Waals surface area contributed by atoms with Crippen molar-refractivity contribution >= 4 is 88.6 Å². The lowest BCUT2D eigenvalue weighted by Gasteiger charge is -2.32. The highest BCUT2D eigenvalue weighted by molar-refractivity contribution is 5.99. The molecule has 0 aromatic carbocycles. The van der Waals surface area contributed by atoms with E-state index in [9.17, 15) is 52.2 Å². The van der Waals surface area contributed by atoms with Gasteiger partial charge in [0.1, 0.15) is 17.5 Å². The number of ether oxygens (including phenoxy) is 4. The summed E-state index contributed by atoms with van der Waals surface area (Å²) in [4.78, 5) is 124. The highest BCUT2D eigenvalue weighted by Gasteiger charge is 2.37. The molecule has 10 aliphatic rings. The van der Waals surface area contributed by atoms with E-state index in [0.29, 0.717) is 180 Å². The molecule has 2 aliphatic heterocycles. The Morgan fingerprint density at radius 2 is 0.758 bits per heavy atom. The predicted molar refractivity (Wildman–Crippen MR) is 570 cm³/mol. The maximum absolute atomic E-state index is 13.3. The van der Waals surface area contributed by atoms with Crippen molar-refractivity contribution in [3.63, 3.8) is 0 Å². The second-order valence-electron chi connectivity index (χ2n) is 42.8. The van der Waals surface area contributed by atoms with Gasteiger partial charge in [0.15, 0.2) is 6.36 Å². The van der Waals surface area contributed by atoms with Gasteiger partial charge in [-0.15, -0.1) is 0 Å². The third-order valence-electron chi connectivity index (χ3n) is 29.9. The molecule has 16 rings (SSSR count). The summed E-state index contributed by atoms with van der Waals surface area (Å²) >= 11 is 0. The Hall–Kier alpha value is -11.4. The molecule has 40 nitrogen and oxygen atoms in total. The maximum atomic E-state index is 13.3. The first-order valence-electron chi connectivity index (χ1n) is 54.3. The maximum Gasteiger partial charge on any atom is 0.254 e. The number of halogens is 3. The molecule has 824 valence electrons. The van der Waals surface area contributed by atoms with Crippen molar-refractivity contribution in [2.75, 3.05) is 95.5 Å². The number of nitrogens with two attached hydrogens (primary N) is 6. The van der Waals surface area contributed by atoms with E-state index >= 15 is 0 Å². The van der Waals surface area contributed by atoms with Crippen LogP contribution < -0.4 is 82.3 Å². The van der Waals surface area contributed by atoms with Gasteiger partial charge in [0.25, 0.3) is 35.4 Å². The summed E-state index contributed by atoms with van der Waals surface area (Å²) in [5.41, 5.74) is 38.0. The molecular weight excluding hydrogens is 1910 g/mol. The van der Waals surface area contributed by atoms with Gasteiger partial charge >= 0.3 is 0 Å². The standard InChI is InChI=1S/C20H32N6O2.C19H28F2N4O2.C17H27FN4O2.C17H27N5O2.C17H28N4O.C16H25N5O3/c1-13(26(2)3)14-6-8-15(9-7-14)24-20-22-11-17(18(21)27)19(25-20)23-16-5-4-10-28-12-16;20-19(21)7-5-13(6-8-19)24-18-23-11-15(17(22)27)16(25-18)10-12-3-1-2-4-14(26)9-12;1-10(2)8-15-14(16(19)23)9-20-17(22-15)21-12-4-6-13(7-5-12)24-11(3)18;1-24-13-8-6-12(7-9-13)21-17-19-10-14(15(18)23)16(22-17)20-11-4-2-3-5-11;1-4-11(2)9-15-14(16(18)22)10-19-17(21-15)20-13-7-5-12(3)6-8-13;17-14(23)13-8-18-16(20-10-3-5-12(22)6-4-10)21-15(13)19-11-2-1-7-24-9-11/h11,14-16H,1,4-10,12H2,2-3H3,(H2,21,27)(H2,22,23,24,25);11-14,26H,1-10H2,(H2,22,27)(H,23,24,25);9-13H,4-8H2,1-3H3,(H2,19,23)(H,20,21,22);10-13H,2-9H2,1H3,(H2,18,23)(H2,19,20,21,22);10-13H,4-9H2,1-3H3,(H2,18,22)(H,19,20,21);8,10-12,22H,1-7,9H2,(H2,17,23)(H2,18,19,20,21)/t14?,15?,16-;12-,14+;;;11-,12?,13?;10?,11-,12?/m11..01/s1. The van der Waals surface area contributed by atoms with E-state index in [-0.39, 0.29) is 78.4 Å². The number of aromatic nitrogens is 12. The molecule has 2 saturated heterocycles. The Balaban J connectivity index is 0.000000170. The number of carbonyl (C=O) groups is 6. The number of aliphatic hydroxyl groups excluding tert-OH is 2. The fraction of sp³-hybridized carbons (Fsp3) is 0.698. The molecule has 10 fully saturated rings. The van der Waals surface area contributed by atoms with Crippen LogP contribution in [0, 0.1) is 29.6 Å². The molecule has 43 heteroatoms. The highest BCUT2D eigenvalue weighted by atomic mass is 19.3. The van der Waals surface area contributed by atoms with Crippen LogP contribution in [0.1, 0.15) is 365 Å². The van der Waals surface area contributed by atoms with E-state index < -0.39 is 47.7 Å². The minimum atomic E-state index is -2.58. The number of primary amides is 6. The number of hydrogen-bond acceptors (Lipinski definition) is 34.